The molecule has 0 saturated carbocycles. The second-order valence-electron chi connectivity index (χ2n) is 8.09. The number of aromatic nitrogens is 1. The summed E-state index contributed by atoms with van der Waals surface area (Å²) in [6, 6.07) is 0.845. The van der Waals surface area contributed by atoms with E-state index in [1.165, 1.54) is 4.90 Å². The Morgan fingerprint density at radius 2 is 2.14 bits per heavy atom. The highest BCUT2D eigenvalue weighted by atomic mass is 16.5. The summed E-state index contributed by atoms with van der Waals surface area (Å²) in [6.45, 7) is 6.42. The van der Waals surface area contributed by atoms with E-state index in [2.05, 4.69) is 10.5 Å². The van der Waals surface area contributed by atoms with Crippen LogP contribution in [0.1, 0.15) is 44.8 Å². The molecule has 2 amide bonds. The predicted octanol–water partition coefficient (Wildman–Crippen LogP) is 0.240. The molecule has 2 aliphatic heterocycles. The third kappa shape index (κ3) is 4.64. The standard InChI is InChI=1S/C19H30N4O5/c1-11(2)17(19(26)23-9-13(24)7-14(23)18(20)25)15-8-16(22-28-15)27-10-12-3-5-21-6-4-12/h8,11-14,17,21,24H,3-7,9-10H2,1-2H3,(H2,20,25)/t13?,14?,17-/m1/s1. The number of nitrogens with two attached hydrogens (primary N) is 1. The van der Waals surface area contributed by atoms with Crippen molar-refractivity contribution in [1.82, 2.24) is 15.4 Å². The van der Waals surface area contributed by atoms with Crippen LogP contribution in [0.25, 0.3) is 0 Å². The van der Waals surface area contributed by atoms with Gasteiger partial charge in [0.2, 0.25) is 11.8 Å². The number of amides is 2. The Morgan fingerprint density at radius 1 is 1.43 bits per heavy atom. The maximum atomic E-state index is 13.1. The third-order valence-electron chi connectivity index (χ3n) is 5.56. The molecule has 1 aromatic rings. The molecule has 2 fully saturated rings. The number of aliphatic hydroxyl groups excluding tert-OH is 1. The van der Waals surface area contributed by atoms with Crippen molar-refractivity contribution < 1.29 is 24.0 Å². The van der Waals surface area contributed by atoms with E-state index in [-0.39, 0.29) is 24.8 Å². The Labute approximate surface area is 164 Å². The number of aliphatic hydroxyl groups is 1. The van der Waals surface area contributed by atoms with Crippen LogP contribution >= 0.6 is 0 Å². The molecule has 3 atom stereocenters. The highest BCUT2D eigenvalue weighted by Crippen LogP contribution is 2.32. The topological polar surface area (TPSA) is 131 Å². The lowest BCUT2D eigenvalue weighted by atomic mass is 9.91. The van der Waals surface area contributed by atoms with Crippen LogP contribution in [0, 0.1) is 11.8 Å². The monoisotopic (exact) mass is 394 g/mol. The van der Waals surface area contributed by atoms with Crippen molar-refractivity contribution in [3.05, 3.63) is 11.8 Å². The SMILES string of the molecule is CC(C)[C@@H](C(=O)N1CC(O)CC1C(N)=O)c1cc(OCC2CCNCC2)no1. The van der Waals surface area contributed by atoms with Crippen LogP contribution in [0.3, 0.4) is 0 Å². The Bertz CT molecular complexity index is 686. The quantitative estimate of drug-likeness (QED) is 0.604. The van der Waals surface area contributed by atoms with Crippen LogP contribution < -0.4 is 15.8 Å². The summed E-state index contributed by atoms with van der Waals surface area (Å²) in [5, 5.41) is 17.2. The van der Waals surface area contributed by atoms with Gasteiger partial charge in [0, 0.05) is 19.0 Å². The molecule has 9 nitrogen and oxygen atoms in total. The highest BCUT2D eigenvalue weighted by molar-refractivity contribution is 5.90. The number of ether oxygens (including phenoxy) is 1. The second kappa shape index (κ2) is 8.91. The summed E-state index contributed by atoms with van der Waals surface area (Å²) >= 11 is 0. The average molecular weight is 394 g/mol. The summed E-state index contributed by atoms with van der Waals surface area (Å²) in [5.74, 6) is -0.400. The predicted molar refractivity (Wildman–Crippen MR) is 100 cm³/mol. The molecule has 2 saturated heterocycles. The lowest BCUT2D eigenvalue weighted by Crippen LogP contribution is -2.46. The zero-order chi connectivity index (χ0) is 20.3. The molecule has 0 spiro atoms. The number of β-amino-alcohol motifs (C(OH)–C–C–N with tert-alkyl or cyclic N) is 1. The van der Waals surface area contributed by atoms with Crippen molar-refractivity contribution in [3.8, 4) is 5.88 Å². The third-order valence-corrected chi connectivity index (χ3v) is 5.56. The normalized spacial score (nSPS) is 24.5. The smallest absolute Gasteiger partial charge is 0.254 e. The Balaban J connectivity index is 1.69. The van der Waals surface area contributed by atoms with Gasteiger partial charge in [-0.25, -0.2) is 0 Å². The zero-order valence-electron chi connectivity index (χ0n) is 16.5. The Hall–Kier alpha value is -2.13. The fourth-order valence-electron chi connectivity index (χ4n) is 3.98. The zero-order valence-corrected chi connectivity index (χ0v) is 16.5. The van der Waals surface area contributed by atoms with Gasteiger partial charge in [-0.05, 0) is 42.9 Å². The first kappa shape index (κ1) is 20.6. The number of likely N-dealkylation sites (tertiary alicyclic amines) is 1. The van der Waals surface area contributed by atoms with E-state index >= 15 is 0 Å². The van der Waals surface area contributed by atoms with Gasteiger partial charge in [0.1, 0.15) is 12.0 Å². The van der Waals surface area contributed by atoms with Crippen LogP contribution in [0.5, 0.6) is 5.88 Å². The minimum absolute atomic E-state index is 0.0862. The fraction of sp³-hybridized carbons (Fsp3) is 0.737. The van der Waals surface area contributed by atoms with Crippen LogP contribution in [-0.4, -0.2) is 65.4 Å². The van der Waals surface area contributed by atoms with Crippen molar-refractivity contribution in [2.24, 2.45) is 17.6 Å². The first-order chi connectivity index (χ1) is 13.4. The average Bonchev–Trinajstić information content (AvgIpc) is 3.27. The molecular weight excluding hydrogens is 364 g/mol. The van der Waals surface area contributed by atoms with Gasteiger partial charge < -0.3 is 30.3 Å². The van der Waals surface area contributed by atoms with Crippen LogP contribution in [-0.2, 0) is 9.59 Å². The van der Waals surface area contributed by atoms with E-state index in [1.807, 2.05) is 13.8 Å². The minimum atomic E-state index is -0.803. The van der Waals surface area contributed by atoms with Crippen molar-refractivity contribution in [1.29, 1.82) is 0 Å². The molecule has 3 rings (SSSR count). The number of primary amides is 1. The summed E-state index contributed by atoms with van der Waals surface area (Å²) in [4.78, 5) is 26.2. The number of nitrogens with one attached hydrogen (secondary N) is 1. The van der Waals surface area contributed by atoms with Gasteiger partial charge >= 0.3 is 0 Å². The lowest BCUT2D eigenvalue weighted by Gasteiger charge is -2.27. The Kier molecular flexibility index (Phi) is 6.56. The van der Waals surface area contributed by atoms with E-state index in [1.54, 1.807) is 6.07 Å². The number of carbonyl (C=O) groups excluding carboxylic acids is 2. The molecule has 9 heteroatoms. The number of nitrogens with zero attached hydrogens (tertiary/aromatic N) is 2. The lowest BCUT2D eigenvalue weighted by molar-refractivity contribution is -0.139. The van der Waals surface area contributed by atoms with Crippen LogP contribution in [0.4, 0.5) is 0 Å². The van der Waals surface area contributed by atoms with Gasteiger partial charge in [-0.3, -0.25) is 9.59 Å². The van der Waals surface area contributed by atoms with E-state index in [9.17, 15) is 14.7 Å². The van der Waals surface area contributed by atoms with Gasteiger partial charge in [0.25, 0.3) is 5.88 Å². The molecule has 1 aromatic heterocycles. The van der Waals surface area contributed by atoms with Crippen LogP contribution in [0.15, 0.2) is 10.6 Å². The van der Waals surface area contributed by atoms with E-state index in [0.29, 0.717) is 24.2 Å². The van der Waals surface area contributed by atoms with E-state index in [0.717, 1.165) is 25.9 Å². The van der Waals surface area contributed by atoms with Gasteiger partial charge in [-0.1, -0.05) is 13.8 Å². The van der Waals surface area contributed by atoms with Crippen LogP contribution in [0.2, 0.25) is 0 Å². The fourth-order valence-corrected chi connectivity index (χ4v) is 3.98. The first-order valence-corrected chi connectivity index (χ1v) is 9.94. The summed E-state index contributed by atoms with van der Waals surface area (Å²) in [7, 11) is 0. The Morgan fingerprint density at radius 3 is 2.79 bits per heavy atom. The molecule has 2 unspecified atom stereocenters. The number of piperidine rings is 1. The summed E-state index contributed by atoms with van der Waals surface area (Å²) in [5.41, 5.74) is 5.41. The molecule has 0 aromatic carbocycles. The number of carbonyl (C=O) groups is 2. The largest absolute Gasteiger partial charge is 0.475 e. The number of hydrogen-bond acceptors (Lipinski definition) is 7. The van der Waals surface area contributed by atoms with Crippen molar-refractivity contribution in [2.45, 2.75) is 51.2 Å². The minimum Gasteiger partial charge on any atom is -0.475 e. The second-order valence-corrected chi connectivity index (χ2v) is 8.09. The molecule has 0 bridgehead atoms. The van der Waals surface area contributed by atoms with Gasteiger partial charge in [0.05, 0.1) is 12.7 Å². The molecule has 0 aliphatic carbocycles. The maximum Gasteiger partial charge on any atom is 0.254 e. The molecule has 4 N–H and O–H groups in total. The first-order valence-electron chi connectivity index (χ1n) is 9.94. The summed E-state index contributed by atoms with van der Waals surface area (Å²) in [6.07, 6.45) is 1.52. The summed E-state index contributed by atoms with van der Waals surface area (Å²) < 4.78 is 11.2. The van der Waals surface area contributed by atoms with Gasteiger partial charge in [0.15, 0.2) is 5.76 Å². The number of hydrogen-bond donors (Lipinski definition) is 3. The molecule has 156 valence electrons. The van der Waals surface area contributed by atoms with Gasteiger partial charge in [-0.15, -0.1) is 0 Å². The van der Waals surface area contributed by atoms with E-state index in [4.69, 9.17) is 15.0 Å². The van der Waals surface area contributed by atoms with Crippen molar-refractivity contribution >= 4 is 11.8 Å². The molecule has 3 heterocycles. The molecule has 2 aliphatic rings. The highest BCUT2D eigenvalue weighted by Gasteiger charge is 2.42. The van der Waals surface area contributed by atoms with Crippen molar-refractivity contribution in [2.75, 3.05) is 26.2 Å². The molecular formula is C19H30N4O5. The van der Waals surface area contributed by atoms with E-state index < -0.39 is 24.0 Å². The maximum absolute atomic E-state index is 13.1. The number of rotatable bonds is 7. The van der Waals surface area contributed by atoms with Crippen molar-refractivity contribution in [3.63, 3.8) is 0 Å². The van der Waals surface area contributed by atoms with Gasteiger partial charge in [-0.2, -0.15) is 0 Å². The molecule has 0 radical (unpaired) electrons. The molecule has 28 heavy (non-hydrogen) atoms.